The van der Waals surface area contributed by atoms with E-state index in [4.69, 9.17) is 21.1 Å². The number of aromatic carboxylic acids is 1. The first kappa shape index (κ1) is 25.0. The van der Waals surface area contributed by atoms with Crippen LogP contribution in [0, 0.1) is 12.7 Å². The molecule has 2 aromatic carbocycles. The Morgan fingerprint density at radius 2 is 1.82 bits per heavy atom. The molecule has 0 aliphatic rings. The fourth-order valence-electron chi connectivity index (χ4n) is 4.16. The minimum atomic E-state index is -1.28. The number of carboxylic acids is 1. The third kappa shape index (κ3) is 4.59. The zero-order valence-corrected chi connectivity index (χ0v) is 21.1. The minimum absolute atomic E-state index is 0.0202. The highest BCUT2D eigenvalue weighted by Gasteiger charge is 2.21. The number of carbonyl (C=O) groups is 1. The molecular weight excluding hydrogens is 515 g/mol. The van der Waals surface area contributed by atoms with Crippen molar-refractivity contribution in [3.8, 4) is 22.8 Å². The molecule has 0 spiro atoms. The van der Waals surface area contributed by atoms with Gasteiger partial charge in [-0.15, -0.1) is 0 Å². The molecule has 5 rings (SSSR count). The number of fused-ring (bicyclic) bond motifs is 1. The quantitative estimate of drug-likeness (QED) is 0.288. The molecule has 3 heterocycles. The number of aromatic nitrogens is 5. The summed E-state index contributed by atoms with van der Waals surface area (Å²) < 4.78 is 21.2. The molecule has 0 unspecified atom stereocenters. The number of nitrogens with zero attached hydrogens (tertiary/aromatic N) is 5. The Morgan fingerprint density at radius 3 is 2.47 bits per heavy atom. The Morgan fingerprint density at radius 1 is 1.11 bits per heavy atom. The van der Waals surface area contributed by atoms with Gasteiger partial charge in [-0.2, -0.15) is 4.98 Å². The van der Waals surface area contributed by atoms with Crippen LogP contribution < -0.4 is 10.9 Å². The van der Waals surface area contributed by atoms with Crippen LogP contribution in [0.5, 0.6) is 0 Å². The molecule has 10 nitrogen and oxygen atoms in total. The molecule has 0 aliphatic heterocycles. The van der Waals surface area contributed by atoms with Crippen LogP contribution >= 0.6 is 11.6 Å². The van der Waals surface area contributed by atoms with Crippen molar-refractivity contribution in [2.45, 2.75) is 19.9 Å². The summed E-state index contributed by atoms with van der Waals surface area (Å²) in [5, 5.41) is 16.5. The number of hydrogen-bond acceptors (Lipinski definition) is 8. The number of aryl methyl sites for hydroxylation is 1. The Labute approximate surface area is 219 Å². The fraction of sp³-hybridized carbons (Fsp3) is 0.154. The van der Waals surface area contributed by atoms with Gasteiger partial charge in [0.2, 0.25) is 0 Å². The molecule has 0 saturated carbocycles. The van der Waals surface area contributed by atoms with Crippen molar-refractivity contribution in [3.05, 3.63) is 86.9 Å². The molecule has 192 valence electrons. The molecule has 0 fully saturated rings. The van der Waals surface area contributed by atoms with Crippen LogP contribution in [0.1, 0.15) is 34.8 Å². The lowest BCUT2D eigenvalue weighted by molar-refractivity contribution is 0.0691. The topological polar surface area (TPSA) is 136 Å². The molecule has 12 heteroatoms. The van der Waals surface area contributed by atoms with Gasteiger partial charge in [-0.05, 0) is 50.2 Å². The molecule has 0 bridgehead atoms. The van der Waals surface area contributed by atoms with Gasteiger partial charge in [0.1, 0.15) is 16.8 Å². The predicted molar refractivity (Wildman–Crippen MR) is 139 cm³/mol. The Hall–Kier alpha value is -4.64. The van der Waals surface area contributed by atoms with Crippen LogP contribution in [0.25, 0.3) is 33.7 Å². The van der Waals surface area contributed by atoms with Crippen LogP contribution in [0.15, 0.2) is 57.8 Å². The van der Waals surface area contributed by atoms with Crippen LogP contribution in [0.4, 0.5) is 10.1 Å². The number of hydrogen-bond donors (Lipinski definition) is 2. The number of benzene rings is 2. The first-order chi connectivity index (χ1) is 18.1. The van der Waals surface area contributed by atoms with Crippen molar-refractivity contribution < 1.29 is 18.8 Å². The highest BCUT2D eigenvalue weighted by Crippen LogP contribution is 2.30. The third-order valence-electron chi connectivity index (χ3n) is 5.99. The second kappa shape index (κ2) is 9.67. The predicted octanol–water partition coefficient (Wildman–Crippen LogP) is 5.02. The van der Waals surface area contributed by atoms with E-state index in [2.05, 4.69) is 20.4 Å². The Bertz CT molecular complexity index is 1770. The normalized spacial score (nSPS) is 12.0. The molecule has 1 atom stereocenters. The summed E-state index contributed by atoms with van der Waals surface area (Å²) in [5.41, 5.74) is 1.44. The van der Waals surface area contributed by atoms with Crippen molar-refractivity contribution in [3.63, 3.8) is 0 Å². The smallest absolute Gasteiger partial charge is 0.356 e. The van der Waals surface area contributed by atoms with E-state index in [-0.39, 0.29) is 27.4 Å². The highest BCUT2D eigenvalue weighted by molar-refractivity contribution is 6.29. The Balaban J connectivity index is 1.60. The van der Waals surface area contributed by atoms with E-state index in [1.165, 1.54) is 22.8 Å². The number of halogens is 2. The van der Waals surface area contributed by atoms with Crippen LogP contribution in [-0.2, 0) is 7.05 Å². The van der Waals surface area contributed by atoms with E-state index in [1.54, 1.807) is 45.2 Å². The van der Waals surface area contributed by atoms with Crippen molar-refractivity contribution in [2.75, 3.05) is 5.32 Å². The second-order valence-corrected chi connectivity index (χ2v) is 9.00. The summed E-state index contributed by atoms with van der Waals surface area (Å²) in [6.45, 7) is 3.42. The molecule has 0 saturated heterocycles. The van der Waals surface area contributed by atoms with Crippen LogP contribution in [-0.4, -0.2) is 35.8 Å². The molecule has 38 heavy (non-hydrogen) atoms. The van der Waals surface area contributed by atoms with Crippen LogP contribution in [0.3, 0.4) is 0 Å². The molecule has 0 aliphatic carbocycles. The van der Waals surface area contributed by atoms with E-state index in [1.807, 2.05) is 0 Å². The molecular formula is C26H20ClFN6O4. The maximum Gasteiger partial charge on any atom is 0.356 e. The average Bonchev–Trinajstić information content (AvgIpc) is 3.33. The molecule has 2 N–H and O–H groups in total. The number of rotatable bonds is 6. The highest BCUT2D eigenvalue weighted by atomic mass is 35.5. The number of anilines is 1. The van der Waals surface area contributed by atoms with Gasteiger partial charge in [0.25, 0.3) is 11.4 Å². The summed E-state index contributed by atoms with van der Waals surface area (Å²) in [5.74, 6) is -0.672. The van der Waals surface area contributed by atoms with Gasteiger partial charge in [0.05, 0.1) is 22.6 Å². The van der Waals surface area contributed by atoms with Gasteiger partial charge in [0, 0.05) is 23.7 Å². The third-order valence-corrected chi connectivity index (χ3v) is 6.21. The van der Waals surface area contributed by atoms with Crippen LogP contribution in [0.2, 0.25) is 5.15 Å². The standard InChI is InChI=1S/C26H20ClFN6O4/c1-12(29-19-8-9-20(27)31-22(19)26(36)37)17-10-16(28)11-18-21(17)32-23(34(3)25(18)35)14-4-6-15(7-5-14)24-30-13(2)33-38-24/h4-12,29H,1-3H3,(H,36,37)/t12-/m1/s1. The lowest BCUT2D eigenvalue weighted by Gasteiger charge is -2.19. The van der Waals surface area contributed by atoms with Crippen molar-refractivity contribution >= 4 is 34.2 Å². The summed E-state index contributed by atoms with van der Waals surface area (Å²) in [6.07, 6.45) is 0. The lowest BCUT2D eigenvalue weighted by Crippen LogP contribution is -2.22. The maximum absolute atomic E-state index is 14.7. The summed E-state index contributed by atoms with van der Waals surface area (Å²) in [6, 6.07) is 11.8. The van der Waals surface area contributed by atoms with Gasteiger partial charge in [-0.25, -0.2) is 19.2 Å². The van der Waals surface area contributed by atoms with Crippen molar-refractivity contribution in [1.29, 1.82) is 0 Å². The van der Waals surface area contributed by atoms with Gasteiger partial charge in [-0.1, -0.05) is 28.9 Å². The number of pyridine rings is 1. The van der Waals surface area contributed by atoms with Gasteiger partial charge in [-0.3, -0.25) is 9.36 Å². The monoisotopic (exact) mass is 534 g/mol. The zero-order valence-electron chi connectivity index (χ0n) is 20.4. The molecule has 0 amide bonds. The van der Waals surface area contributed by atoms with E-state index in [0.29, 0.717) is 34.2 Å². The second-order valence-electron chi connectivity index (χ2n) is 8.62. The summed E-state index contributed by atoms with van der Waals surface area (Å²) >= 11 is 5.86. The summed E-state index contributed by atoms with van der Waals surface area (Å²) in [4.78, 5) is 37.8. The Kier molecular flexibility index (Phi) is 6.37. The van der Waals surface area contributed by atoms with Gasteiger partial charge in [0.15, 0.2) is 11.5 Å². The van der Waals surface area contributed by atoms with Gasteiger partial charge >= 0.3 is 5.97 Å². The largest absolute Gasteiger partial charge is 0.476 e. The van der Waals surface area contributed by atoms with E-state index >= 15 is 0 Å². The first-order valence-electron chi connectivity index (χ1n) is 11.4. The maximum atomic E-state index is 14.7. The van der Waals surface area contributed by atoms with Crippen molar-refractivity contribution in [1.82, 2.24) is 24.7 Å². The lowest BCUT2D eigenvalue weighted by atomic mass is 10.0. The number of carboxylic acid groups (broad SMARTS) is 1. The summed E-state index contributed by atoms with van der Waals surface area (Å²) in [7, 11) is 1.56. The SMILES string of the molecule is Cc1noc(-c2ccc(-c3nc4c([C@@H](C)Nc5ccc(Cl)nc5C(=O)O)cc(F)cc4c(=O)n3C)cc2)n1. The fourth-order valence-corrected chi connectivity index (χ4v) is 4.30. The van der Waals surface area contributed by atoms with E-state index in [0.717, 1.165) is 6.07 Å². The van der Waals surface area contributed by atoms with E-state index < -0.39 is 23.4 Å². The molecule has 5 aromatic rings. The molecule has 3 aromatic heterocycles. The minimum Gasteiger partial charge on any atom is -0.476 e. The first-order valence-corrected chi connectivity index (χ1v) is 11.8. The van der Waals surface area contributed by atoms with Crippen molar-refractivity contribution in [2.24, 2.45) is 7.05 Å². The molecule has 0 radical (unpaired) electrons. The van der Waals surface area contributed by atoms with E-state index in [9.17, 15) is 19.1 Å². The zero-order chi connectivity index (χ0) is 27.1. The number of nitrogens with one attached hydrogen (secondary N) is 1. The van der Waals surface area contributed by atoms with Gasteiger partial charge < -0.3 is 14.9 Å². The average molecular weight is 535 g/mol.